The molecule has 0 radical (unpaired) electrons. The van der Waals surface area contributed by atoms with Gasteiger partial charge in [-0.25, -0.2) is 0 Å². The number of hydrogen-bond acceptors (Lipinski definition) is 4. The van der Waals surface area contributed by atoms with Gasteiger partial charge < -0.3 is 9.47 Å². The second kappa shape index (κ2) is 8.89. The Balaban J connectivity index is 1.53. The van der Waals surface area contributed by atoms with Gasteiger partial charge in [0.2, 0.25) is 0 Å². The lowest BCUT2D eigenvalue weighted by Crippen LogP contribution is -2.48. The maximum Gasteiger partial charge on any atom is 0.317 e. The minimum absolute atomic E-state index is 0.0406. The summed E-state index contributed by atoms with van der Waals surface area (Å²) < 4.78 is 2.89. The molecule has 0 spiro atoms. The van der Waals surface area contributed by atoms with Crippen LogP contribution in [0.3, 0.4) is 0 Å². The minimum Gasteiger partial charge on any atom is -0.336 e. The van der Waals surface area contributed by atoms with E-state index in [0.717, 1.165) is 44.7 Å². The Morgan fingerprint density at radius 2 is 1.52 bits per heavy atom. The van der Waals surface area contributed by atoms with E-state index in [0.29, 0.717) is 16.6 Å². The van der Waals surface area contributed by atoms with Gasteiger partial charge in [-0.15, -0.1) is 0 Å². The van der Waals surface area contributed by atoms with Crippen LogP contribution in [-0.4, -0.2) is 57.6 Å². The zero-order valence-electron chi connectivity index (χ0n) is 18.1. The lowest BCUT2D eigenvalue weighted by Gasteiger charge is -2.34. The molecular weight excluding hydrogens is 392 g/mol. The van der Waals surface area contributed by atoms with Gasteiger partial charge in [0.15, 0.2) is 0 Å². The Morgan fingerprint density at radius 1 is 0.871 bits per heavy atom. The highest BCUT2D eigenvalue weighted by Crippen LogP contribution is 2.14. The lowest BCUT2D eigenvalue weighted by atomic mass is 10.1. The molecule has 2 heterocycles. The standard InChI is InChI=1S/C24H28N4O3/c1-3-12-26-13-15-27(16-14-26)22(29)19-10-8-18(9-11-19)17-28-21-7-5-4-6-20(21)25(2)23(30)24(28)31/h4-11H,3,12-17H2,1-2H3. The number of piperazine rings is 1. The van der Waals surface area contributed by atoms with Gasteiger partial charge in [-0.3, -0.25) is 23.9 Å². The average molecular weight is 421 g/mol. The van der Waals surface area contributed by atoms with Gasteiger partial charge in [0, 0.05) is 38.8 Å². The second-order valence-electron chi connectivity index (χ2n) is 8.07. The topological polar surface area (TPSA) is 67.5 Å². The van der Waals surface area contributed by atoms with Crippen LogP contribution in [0.25, 0.3) is 11.0 Å². The van der Waals surface area contributed by atoms with Crippen molar-refractivity contribution in [3.8, 4) is 0 Å². The number of hydrogen-bond donors (Lipinski definition) is 0. The summed E-state index contributed by atoms with van der Waals surface area (Å²) in [5.74, 6) is 0.0406. The van der Waals surface area contributed by atoms with E-state index in [2.05, 4.69) is 11.8 Å². The van der Waals surface area contributed by atoms with Crippen LogP contribution >= 0.6 is 0 Å². The van der Waals surface area contributed by atoms with Crippen LogP contribution in [0.5, 0.6) is 0 Å². The zero-order valence-corrected chi connectivity index (χ0v) is 18.1. The van der Waals surface area contributed by atoms with E-state index in [1.54, 1.807) is 7.05 Å². The number of amides is 1. The Morgan fingerprint density at radius 3 is 2.16 bits per heavy atom. The lowest BCUT2D eigenvalue weighted by molar-refractivity contribution is 0.0637. The van der Waals surface area contributed by atoms with Gasteiger partial charge in [0.25, 0.3) is 5.91 Å². The molecule has 1 aliphatic heterocycles. The molecule has 1 fully saturated rings. The Labute approximate surface area is 181 Å². The smallest absolute Gasteiger partial charge is 0.317 e. The molecule has 7 heteroatoms. The SMILES string of the molecule is CCCN1CCN(C(=O)c2ccc(Cn3c(=O)c(=O)n(C)c4ccccc43)cc2)CC1. The van der Waals surface area contributed by atoms with Crippen molar-refractivity contribution in [2.45, 2.75) is 19.9 Å². The van der Waals surface area contributed by atoms with Gasteiger partial charge in [-0.2, -0.15) is 0 Å². The summed E-state index contributed by atoms with van der Waals surface area (Å²) in [4.78, 5) is 42.1. The van der Waals surface area contributed by atoms with E-state index in [-0.39, 0.29) is 12.5 Å². The summed E-state index contributed by atoms with van der Waals surface area (Å²) in [7, 11) is 1.61. The van der Waals surface area contributed by atoms with E-state index in [4.69, 9.17) is 0 Å². The largest absolute Gasteiger partial charge is 0.336 e. The molecule has 1 aliphatic rings. The third kappa shape index (κ3) is 4.18. The first kappa shape index (κ1) is 21.1. The normalized spacial score (nSPS) is 14.8. The number of benzene rings is 2. The van der Waals surface area contributed by atoms with Gasteiger partial charge in [0.05, 0.1) is 17.6 Å². The fourth-order valence-electron chi connectivity index (χ4n) is 4.22. The molecule has 0 saturated carbocycles. The molecule has 0 N–H and O–H groups in total. The summed E-state index contributed by atoms with van der Waals surface area (Å²) in [5, 5.41) is 0. The second-order valence-corrected chi connectivity index (χ2v) is 8.07. The monoisotopic (exact) mass is 420 g/mol. The van der Waals surface area contributed by atoms with Crippen molar-refractivity contribution in [3.05, 3.63) is 80.4 Å². The molecule has 3 aromatic rings. The number of aromatic nitrogens is 2. The molecular formula is C24H28N4O3. The summed E-state index contributed by atoms with van der Waals surface area (Å²) in [6, 6.07) is 14.7. The van der Waals surface area contributed by atoms with Gasteiger partial charge >= 0.3 is 11.1 Å². The first-order valence-corrected chi connectivity index (χ1v) is 10.8. The van der Waals surface area contributed by atoms with E-state index in [1.807, 2.05) is 53.4 Å². The highest BCUT2D eigenvalue weighted by Gasteiger charge is 2.21. The van der Waals surface area contributed by atoms with Crippen molar-refractivity contribution in [2.24, 2.45) is 7.05 Å². The van der Waals surface area contributed by atoms with Gasteiger partial charge in [-0.1, -0.05) is 31.2 Å². The van der Waals surface area contributed by atoms with Crippen LogP contribution in [0, 0.1) is 0 Å². The summed E-state index contributed by atoms with van der Waals surface area (Å²) in [6.07, 6.45) is 1.13. The van der Waals surface area contributed by atoms with Crippen LogP contribution < -0.4 is 11.1 Å². The molecule has 1 aromatic heterocycles. The van der Waals surface area contributed by atoms with Gasteiger partial charge in [-0.05, 0) is 42.8 Å². The van der Waals surface area contributed by atoms with Crippen molar-refractivity contribution < 1.29 is 4.79 Å². The molecule has 7 nitrogen and oxygen atoms in total. The van der Waals surface area contributed by atoms with Crippen LogP contribution in [0.2, 0.25) is 0 Å². The highest BCUT2D eigenvalue weighted by molar-refractivity contribution is 5.94. The molecule has 4 rings (SSSR count). The number of carbonyl (C=O) groups is 1. The highest BCUT2D eigenvalue weighted by atomic mass is 16.2. The van der Waals surface area contributed by atoms with Crippen molar-refractivity contribution in [1.29, 1.82) is 0 Å². The first-order valence-electron chi connectivity index (χ1n) is 10.8. The van der Waals surface area contributed by atoms with Crippen LogP contribution in [0.1, 0.15) is 29.3 Å². The van der Waals surface area contributed by atoms with Crippen molar-refractivity contribution in [3.63, 3.8) is 0 Å². The molecule has 0 unspecified atom stereocenters. The van der Waals surface area contributed by atoms with E-state index in [1.165, 1.54) is 9.13 Å². The molecule has 1 saturated heterocycles. The van der Waals surface area contributed by atoms with E-state index < -0.39 is 11.1 Å². The van der Waals surface area contributed by atoms with Crippen molar-refractivity contribution in [2.75, 3.05) is 32.7 Å². The minimum atomic E-state index is -0.550. The molecule has 0 aliphatic carbocycles. The Kier molecular flexibility index (Phi) is 6.04. The third-order valence-electron chi connectivity index (χ3n) is 6.01. The molecule has 0 bridgehead atoms. The van der Waals surface area contributed by atoms with Crippen molar-refractivity contribution >= 4 is 16.9 Å². The van der Waals surface area contributed by atoms with Gasteiger partial charge in [0.1, 0.15) is 0 Å². The summed E-state index contributed by atoms with van der Waals surface area (Å²) >= 11 is 0. The predicted octanol–water partition coefficient (Wildman–Crippen LogP) is 1.92. The van der Waals surface area contributed by atoms with Crippen molar-refractivity contribution in [1.82, 2.24) is 18.9 Å². The third-order valence-corrected chi connectivity index (χ3v) is 6.01. The fraction of sp³-hybridized carbons (Fsp3) is 0.375. The molecule has 1 amide bonds. The maximum atomic E-state index is 12.9. The number of rotatable bonds is 5. The van der Waals surface area contributed by atoms with E-state index >= 15 is 0 Å². The number of aryl methyl sites for hydroxylation is 1. The first-order chi connectivity index (χ1) is 15.0. The number of carbonyl (C=O) groups excluding carboxylic acids is 1. The predicted molar refractivity (Wildman–Crippen MR) is 122 cm³/mol. The molecule has 31 heavy (non-hydrogen) atoms. The molecule has 2 aromatic carbocycles. The molecule has 162 valence electrons. The molecule has 0 atom stereocenters. The average Bonchev–Trinajstić information content (AvgIpc) is 2.81. The summed E-state index contributed by atoms with van der Waals surface area (Å²) in [5.41, 5.74) is 1.83. The van der Waals surface area contributed by atoms with Crippen LogP contribution in [0.15, 0.2) is 58.1 Å². The number of nitrogens with zero attached hydrogens (tertiary/aromatic N) is 4. The number of fused-ring (bicyclic) bond motifs is 1. The maximum absolute atomic E-state index is 12.9. The Hall–Kier alpha value is -3.19. The Bertz CT molecular complexity index is 1200. The summed E-state index contributed by atoms with van der Waals surface area (Å²) in [6.45, 7) is 6.84. The fourth-order valence-corrected chi connectivity index (χ4v) is 4.22. The quantitative estimate of drug-likeness (QED) is 0.592. The zero-order chi connectivity index (χ0) is 22.0. The van der Waals surface area contributed by atoms with Crippen LogP contribution in [0.4, 0.5) is 0 Å². The number of para-hydroxylation sites is 2. The van der Waals surface area contributed by atoms with E-state index in [9.17, 15) is 14.4 Å². The van der Waals surface area contributed by atoms with Crippen LogP contribution in [-0.2, 0) is 13.6 Å².